The first-order valence-electron chi connectivity index (χ1n) is 12.6. The number of hydrogen-bond donors (Lipinski definition) is 1. The fraction of sp³-hybridized carbons (Fsp3) is 1.00. The third-order valence-electron chi connectivity index (χ3n) is 5.96. The zero-order chi connectivity index (χ0) is 20.3. The van der Waals surface area contributed by atoms with Crippen molar-refractivity contribution in [1.29, 1.82) is 0 Å². The highest BCUT2D eigenvalue weighted by atomic mass is 16.5. The number of hydrogen-bond acceptors (Lipinski definition) is 3. The van der Waals surface area contributed by atoms with Crippen LogP contribution in [0.3, 0.4) is 0 Å². The first-order valence-corrected chi connectivity index (χ1v) is 12.6. The topological polar surface area (TPSA) is 38.7 Å². The fourth-order valence-corrected chi connectivity index (χ4v) is 4.09. The van der Waals surface area contributed by atoms with Gasteiger partial charge in [-0.3, -0.25) is 0 Å². The molecular weight excluding hydrogens is 348 g/mol. The summed E-state index contributed by atoms with van der Waals surface area (Å²) in [6.45, 7) is 6.28. The van der Waals surface area contributed by atoms with Gasteiger partial charge in [-0.25, -0.2) is 0 Å². The normalized spacial score (nSPS) is 16.3. The molecule has 1 saturated carbocycles. The number of ether oxygens (including phenoxy) is 2. The molecule has 0 aliphatic heterocycles. The van der Waals surface area contributed by atoms with Gasteiger partial charge >= 0.3 is 0 Å². The number of aliphatic hydroxyl groups excluding tert-OH is 1. The molecule has 0 amide bonds. The molecule has 0 unspecified atom stereocenters. The summed E-state index contributed by atoms with van der Waals surface area (Å²) in [5.41, 5.74) is 0. The number of aliphatic hydroxyl groups is 1. The van der Waals surface area contributed by atoms with Gasteiger partial charge in [0.15, 0.2) is 0 Å². The molecule has 0 radical (unpaired) electrons. The first-order chi connectivity index (χ1) is 13.7. The Morgan fingerprint density at radius 1 is 0.714 bits per heavy atom. The second-order valence-corrected chi connectivity index (χ2v) is 9.39. The molecule has 1 aliphatic rings. The molecule has 0 bridgehead atoms. The largest absolute Gasteiger partial charge is 0.388 e. The summed E-state index contributed by atoms with van der Waals surface area (Å²) in [4.78, 5) is 0. The van der Waals surface area contributed by atoms with Crippen molar-refractivity contribution in [2.45, 2.75) is 135 Å². The van der Waals surface area contributed by atoms with Crippen LogP contribution >= 0.6 is 0 Å². The van der Waals surface area contributed by atoms with Crippen LogP contribution in [0.5, 0.6) is 0 Å². The molecule has 0 heterocycles. The summed E-state index contributed by atoms with van der Waals surface area (Å²) < 4.78 is 11.3. The lowest BCUT2D eigenvalue weighted by molar-refractivity contribution is -0.0427. The number of rotatable bonds is 20. The monoisotopic (exact) mass is 398 g/mol. The van der Waals surface area contributed by atoms with E-state index in [4.69, 9.17) is 9.47 Å². The van der Waals surface area contributed by atoms with Crippen LogP contribution in [-0.2, 0) is 9.47 Å². The number of unbranched alkanes of at least 4 members (excludes halogenated alkanes) is 11. The van der Waals surface area contributed by atoms with E-state index in [0.717, 1.165) is 31.8 Å². The van der Waals surface area contributed by atoms with Gasteiger partial charge in [0.1, 0.15) is 6.10 Å². The van der Waals surface area contributed by atoms with Crippen LogP contribution in [0.1, 0.15) is 123 Å². The molecule has 3 nitrogen and oxygen atoms in total. The second kappa shape index (κ2) is 18.9. The maximum atomic E-state index is 9.89. The Bertz CT molecular complexity index is 313. The Kier molecular flexibility index (Phi) is 17.5. The van der Waals surface area contributed by atoms with Crippen molar-refractivity contribution in [3.05, 3.63) is 0 Å². The molecular formula is C25H50O3. The van der Waals surface area contributed by atoms with E-state index in [2.05, 4.69) is 13.8 Å². The predicted octanol–water partition coefficient (Wildman–Crippen LogP) is 7.05. The van der Waals surface area contributed by atoms with Gasteiger partial charge in [-0.05, 0) is 25.2 Å². The first kappa shape index (κ1) is 25.9. The van der Waals surface area contributed by atoms with Crippen LogP contribution in [0, 0.1) is 5.92 Å². The van der Waals surface area contributed by atoms with Gasteiger partial charge in [0.05, 0.1) is 19.3 Å². The van der Waals surface area contributed by atoms with Crippen LogP contribution in [0.15, 0.2) is 0 Å². The van der Waals surface area contributed by atoms with E-state index in [1.165, 1.54) is 89.9 Å². The third-order valence-corrected chi connectivity index (χ3v) is 5.96. The van der Waals surface area contributed by atoms with Crippen LogP contribution in [0.2, 0.25) is 0 Å². The van der Waals surface area contributed by atoms with Gasteiger partial charge < -0.3 is 14.6 Å². The highest BCUT2D eigenvalue weighted by Crippen LogP contribution is 2.21. The van der Waals surface area contributed by atoms with Crippen LogP contribution in [0.25, 0.3) is 0 Å². The molecule has 1 N–H and O–H groups in total. The molecule has 28 heavy (non-hydrogen) atoms. The van der Waals surface area contributed by atoms with E-state index in [-0.39, 0.29) is 0 Å². The summed E-state index contributed by atoms with van der Waals surface area (Å²) in [6.07, 6.45) is 22.7. The Hall–Kier alpha value is -0.120. The average molecular weight is 399 g/mol. The Morgan fingerprint density at radius 2 is 1.21 bits per heavy atom. The summed E-state index contributed by atoms with van der Waals surface area (Å²) in [6, 6.07) is 0. The minimum absolute atomic E-state index is 0.379. The summed E-state index contributed by atoms with van der Waals surface area (Å²) in [5, 5.41) is 9.89. The molecule has 1 aliphatic carbocycles. The van der Waals surface area contributed by atoms with Gasteiger partial charge in [0, 0.05) is 6.61 Å². The molecule has 0 saturated heterocycles. The van der Waals surface area contributed by atoms with E-state index in [1.807, 2.05) is 0 Å². The fourth-order valence-electron chi connectivity index (χ4n) is 4.09. The van der Waals surface area contributed by atoms with Crippen molar-refractivity contribution < 1.29 is 14.6 Å². The second-order valence-electron chi connectivity index (χ2n) is 9.39. The van der Waals surface area contributed by atoms with Crippen molar-refractivity contribution in [3.63, 3.8) is 0 Å². The highest BCUT2D eigenvalue weighted by molar-refractivity contribution is 4.67. The Labute approximate surface area is 176 Å². The van der Waals surface area contributed by atoms with Gasteiger partial charge in [-0.2, -0.15) is 0 Å². The quantitative estimate of drug-likeness (QED) is 0.223. The van der Waals surface area contributed by atoms with Crippen LogP contribution < -0.4 is 0 Å². The molecule has 0 aromatic carbocycles. The minimum Gasteiger partial charge on any atom is -0.388 e. The van der Waals surface area contributed by atoms with Gasteiger partial charge in [-0.15, -0.1) is 0 Å². The Morgan fingerprint density at radius 3 is 1.75 bits per heavy atom. The molecule has 3 heteroatoms. The van der Waals surface area contributed by atoms with E-state index in [9.17, 15) is 5.11 Å². The van der Waals surface area contributed by atoms with E-state index >= 15 is 0 Å². The molecule has 0 aromatic heterocycles. The van der Waals surface area contributed by atoms with Gasteiger partial charge in [0.25, 0.3) is 0 Å². The average Bonchev–Trinajstić information content (AvgIpc) is 3.19. The van der Waals surface area contributed by atoms with Crippen molar-refractivity contribution in [1.82, 2.24) is 0 Å². The molecule has 0 spiro atoms. The van der Waals surface area contributed by atoms with E-state index in [1.54, 1.807) is 0 Å². The lowest BCUT2D eigenvalue weighted by atomic mass is 10.0. The minimum atomic E-state index is -0.462. The van der Waals surface area contributed by atoms with Crippen LogP contribution in [-0.4, -0.2) is 37.1 Å². The third kappa shape index (κ3) is 16.8. The molecule has 1 rings (SSSR count). The Balaban J connectivity index is 1.69. The SMILES string of the molecule is CC(C)CCCCCCCCCCCCCCOC[C@H](O)COC1CCCC1. The van der Waals surface area contributed by atoms with Crippen molar-refractivity contribution in [3.8, 4) is 0 Å². The smallest absolute Gasteiger partial charge is 0.101 e. The lowest BCUT2D eigenvalue weighted by Crippen LogP contribution is -2.24. The van der Waals surface area contributed by atoms with E-state index in [0.29, 0.717) is 19.3 Å². The summed E-state index contributed by atoms with van der Waals surface area (Å²) >= 11 is 0. The zero-order valence-corrected chi connectivity index (χ0v) is 19.1. The molecule has 1 atom stereocenters. The molecule has 0 aromatic rings. The predicted molar refractivity (Wildman–Crippen MR) is 120 cm³/mol. The van der Waals surface area contributed by atoms with Crippen molar-refractivity contribution in [2.24, 2.45) is 5.92 Å². The van der Waals surface area contributed by atoms with Crippen molar-refractivity contribution >= 4 is 0 Å². The highest BCUT2D eigenvalue weighted by Gasteiger charge is 2.16. The maximum Gasteiger partial charge on any atom is 0.101 e. The van der Waals surface area contributed by atoms with Gasteiger partial charge in [0.2, 0.25) is 0 Å². The zero-order valence-electron chi connectivity index (χ0n) is 19.1. The van der Waals surface area contributed by atoms with Crippen molar-refractivity contribution in [2.75, 3.05) is 19.8 Å². The standard InChI is InChI=1S/C25H50O3/c1-23(2)17-13-11-9-7-5-3-4-6-8-10-12-16-20-27-21-24(26)22-28-25-18-14-15-19-25/h23-26H,3-22H2,1-2H3/t24-/m0/s1. The summed E-state index contributed by atoms with van der Waals surface area (Å²) in [7, 11) is 0. The van der Waals surface area contributed by atoms with Gasteiger partial charge in [-0.1, -0.05) is 104 Å². The molecule has 168 valence electrons. The lowest BCUT2D eigenvalue weighted by Gasteiger charge is -2.15. The molecule has 1 fully saturated rings. The van der Waals surface area contributed by atoms with E-state index < -0.39 is 6.10 Å². The maximum absolute atomic E-state index is 9.89. The summed E-state index contributed by atoms with van der Waals surface area (Å²) in [5.74, 6) is 0.874. The van der Waals surface area contributed by atoms with Crippen LogP contribution in [0.4, 0.5) is 0 Å².